The fourth-order valence-electron chi connectivity index (χ4n) is 3.13. The zero-order chi connectivity index (χ0) is 24.1. The predicted octanol–water partition coefficient (Wildman–Crippen LogP) is 5.47. The number of rotatable bonds is 5. The largest absolute Gasteiger partial charge is 0.325 e. The van der Waals surface area contributed by atoms with Crippen molar-refractivity contribution in [1.82, 2.24) is 0 Å². The molecular formula is C25H16ClFN4O2S. The van der Waals surface area contributed by atoms with Crippen molar-refractivity contribution < 1.29 is 14.0 Å². The molecule has 0 fully saturated rings. The third-order valence-electron chi connectivity index (χ3n) is 4.72. The van der Waals surface area contributed by atoms with E-state index in [1.54, 1.807) is 12.1 Å². The number of anilines is 2. The van der Waals surface area contributed by atoms with Crippen molar-refractivity contribution >= 4 is 57.8 Å². The average molecular weight is 491 g/mol. The van der Waals surface area contributed by atoms with Crippen molar-refractivity contribution in [3.63, 3.8) is 0 Å². The summed E-state index contributed by atoms with van der Waals surface area (Å²) in [4.78, 5) is 31.4. The van der Waals surface area contributed by atoms with E-state index < -0.39 is 5.82 Å². The summed E-state index contributed by atoms with van der Waals surface area (Å²) in [6, 6.07) is 21.3. The molecule has 0 saturated carbocycles. The standard InChI is InChI=1S/C25H16ClFN4O2S/c26-21-13-19(9-6-17(21)14-28)29-23(32)15-34-25-30-22(12-16-4-2-1-3-5-16)24(33)31(25)20-10-7-18(27)8-11-20/h1-13H,15H2,(H,29,32)/b22-12+. The number of nitrogens with zero attached hydrogens (tertiary/aromatic N) is 3. The lowest BCUT2D eigenvalue weighted by Gasteiger charge is -2.17. The summed E-state index contributed by atoms with van der Waals surface area (Å²) >= 11 is 7.09. The normalized spacial score (nSPS) is 14.1. The second-order valence-electron chi connectivity index (χ2n) is 7.09. The molecule has 0 radical (unpaired) electrons. The number of amides is 2. The molecule has 0 spiro atoms. The molecule has 1 aliphatic rings. The van der Waals surface area contributed by atoms with Gasteiger partial charge in [-0.05, 0) is 54.1 Å². The van der Waals surface area contributed by atoms with Crippen molar-refractivity contribution in [2.24, 2.45) is 4.99 Å². The fraction of sp³-hybridized carbons (Fsp3) is 0.0400. The minimum atomic E-state index is -0.429. The minimum absolute atomic E-state index is 0.0416. The van der Waals surface area contributed by atoms with Crippen LogP contribution in [0.15, 0.2) is 83.5 Å². The summed E-state index contributed by atoms with van der Waals surface area (Å²) in [5.74, 6) is -1.19. The first-order valence-corrected chi connectivity index (χ1v) is 11.4. The van der Waals surface area contributed by atoms with E-state index in [-0.39, 0.29) is 28.3 Å². The molecule has 1 aliphatic heterocycles. The Bertz CT molecular complexity index is 1350. The van der Waals surface area contributed by atoms with Crippen LogP contribution < -0.4 is 10.2 Å². The summed E-state index contributed by atoms with van der Waals surface area (Å²) in [5.41, 5.74) is 2.20. The Balaban J connectivity index is 1.54. The molecule has 1 heterocycles. The topological polar surface area (TPSA) is 85.6 Å². The highest BCUT2D eigenvalue weighted by molar-refractivity contribution is 8.14. The summed E-state index contributed by atoms with van der Waals surface area (Å²) in [7, 11) is 0. The molecule has 2 amide bonds. The second-order valence-corrected chi connectivity index (χ2v) is 8.44. The van der Waals surface area contributed by atoms with E-state index in [0.717, 1.165) is 17.3 Å². The minimum Gasteiger partial charge on any atom is -0.325 e. The lowest BCUT2D eigenvalue weighted by atomic mass is 10.2. The Morgan fingerprint density at radius 3 is 2.56 bits per heavy atom. The van der Waals surface area contributed by atoms with Crippen LogP contribution >= 0.6 is 23.4 Å². The number of nitrogens with one attached hydrogen (secondary N) is 1. The number of hydrogen-bond acceptors (Lipinski definition) is 5. The lowest BCUT2D eigenvalue weighted by molar-refractivity contribution is -0.114. The Hall–Kier alpha value is -3.93. The molecule has 6 nitrogen and oxygen atoms in total. The molecule has 0 bridgehead atoms. The highest BCUT2D eigenvalue weighted by atomic mass is 35.5. The third-order valence-corrected chi connectivity index (χ3v) is 5.97. The number of hydrogen-bond donors (Lipinski definition) is 1. The zero-order valence-corrected chi connectivity index (χ0v) is 19.1. The van der Waals surface area contributed by atoms with E-state index >= 15 is 0 Å². The van der Waals surface area contributed by atoms with E-state index in [4.69, 9.17) is 16.9 Å². The van der Waals surface area contributed by atoms with Gasteiger partial charge in [-0.3, -0.25) is 14.5 Å². The van der Waals surface area contributed by atoms with Crippen LogP contribution in [0.1, 0.15) is 11.1 Å². The molecule has 0 aliphatic carbocycles. The Morgan fingerprint density at radius 2 is 1.88 bits per heavy atom. The molecule has 0 atom stereocenters. The van der Waals surface area contributed by atoms with Gasteiger partial charge in [0.1, 0.15) is 17.6 Å². The molecule has 34 heavy (non-hydrogen) atoms. The van der Waals surface area contributed by atoms with Crippen molar-refractivity contribution in [2.45, 2.75) is 0 Å². The predicted molar refractivity (Wildman–Crippen MR) is 133 cm³/mol. The molecule has 1 N–H and O–H groups in total. The number of carbonyl (C=O) groups excluding carboxylic acids is 2. The Morgan fingerprint density at radius 1 is 1.15 bits per heavy atom. The van der Waals surface area contributed by atoms with Crippen LogP contribution in [0, 0.1) is 17.1 Å². The zero-order valence-electron chi connectivity index (χ0n) is 17.5. The number of benzene rings is 3. The van der Waals surface area contributed by atoms with Crippen molar-refractivity contribution in [1.29, 1.82) is 5.26 Å². The third kappa shape index (κ3) is 5.34. The van der Waals surface area contributed by atoms with E-state index in [2.05, 4.69) is 10.3 Å². The molecule has 4 rings (SSSR count). The number of nitriles is 1. The van der Waals surface area contributed by atoms with Crippen LogP contribution in [0.4, 0.5) is 15.8 Å². The number of thioether (sulfide) groups is 1. The van der Waals surface area contributed by atoms with Gasteiger partial charge in [0.2, 0.25) is 5.91 Å². The highest BCUT2D eigenvalue weighted by Crippen LogP contribution is 2.30. The van der Waals surface area contributed by atoms with Gasteiger partial charge in [-0.2, -0.15) is 5.26 Å². The molecule has 168 valence electrons. The maximum atomic E-state index is 13.4. The van der Waals surface area contributed by atoms with Crippen LogP contribution in [0.25, 0.3) is 6.08 Å². The maximum Gasteiger partial charge on any atom is 0.283 e. The van der Waals surface area contributed by atoms with Gasteiger partial charge in [-0.25, -0.2) is 9.38 Å². The van der Waals surface area contributed by atoms with Crippen LogP contribution in [-0.4, -0.2) is 22.7 Å². The molecule has 0 saturated heterocycles. The fourth-order valence-corrected chi connectivity index (χ4v) is 4.16. The first-order chi connectivity index (χ1) is 16.4. The van der Waals surface area contributed by atoms with Gasteiger partial charge in [0, 0.05) is 5.69 Å². The van der Waals surface area contributed by atoms with Gasteiger partial charge in [-0.15, -0.1) is 0 Å². The molecule has 3 aromatic carbocycles. The molecular weight excluding hydrogens is 475 g/mol. The van der Waals surface area contributed by atoms with Crippen molar-refractivity contribution in [3.8, 4) is 6.07 Å². The second kappa shape index (κ2) is 10.3. The van der Waals surface area contributed by atoms with Gasteiger partial charge in [0.05, 0.1) is 22.0 Å². The SMILES string of the molecule is N#Cc1ccc(NC(=O)CSC2=N/C(=C/c3ccccc3)C(=O)N2c2ccc(F)cc2)cc1Cl. The van der Waals surface area contributed by atoms with Crippen LogP contribution in [0.5, 0.6) is 0 Å². The summed E-state index contributed by atoms with van der Waals surface area (Å²) in [6.45, 7) is 0. The Kier molecular flexibility index (Phi) is 7.07. The number of carbonyl (C=O) groups is 2. The lowest BCUT2D eigenvalue weighted by Crippen LogP contribution is -2.31. The Labute approximate surface area is 204 Å². The van der Waals surface area contributed by atoms with E-state index in [1.165, 1.54) is 41.3 Å². The average Bonchev–Trinajstić information content (AvgIpc) is 3.14. The van der Waals surface area contributed by atoms with Crippen molar-refractivity contribution in [2.75, 3.05) is 16.0 Å². The molecule has 0 unspecified atom stereocenters. The van der Waals surface area contributed by atoms with Gasteiger partial charge >= 0.3 is 0 Å². The first-order valence-electron chi connectivity index (χ1n) is 10.0. The van der Waals surface area contributed by atoms with E-state index in [1.807, 2.05) is 36.4 Å². The maximum absolute atomic E-state index is 13.4. The monoisotopic (exact) mass is 490 g/mol. The van der Waals surface area contributed by atoms with Crippen LogP contribution in [0.2, 0.25) is 5.02 Å². The summed E-state index contributed by atoms with van der Waals surface area (Å²) in [6.07, 6.45) is 1.66. The van der Waals surface area contributed by atoms with Crippen LogP contribution in [-0.2, 0) is 9.59 Å². The van der Waals surface area contributed by atoms with Gasteiger partial charge in [0.15, 0.2) is 5.17 Å². The first kappa shape index (κ1) is 23.2. The van der Waals surface area contributed by atoms with E-state index in [9.17, 15) is 14.0 Å². The van der Waals surface area contributed by atoms with Gasteiger partial charge < -0.3 is 5.32 Å². The molecule has 3 aromatic rings. The van der Waals surface area contributed by atoms with Gasteiger partial charge in [0.25, 0.3) is 5.91 Å². The number of amidine groups is 1. The highest BCUT2D eigenvalue weighted by Gasteiger charge is 2.32. The summed E-state index contributed by atoms with van der Waals surface area (Å²) < 4.78 is 13.4. The molecule has 9 heteroatoms. The van der Waals surface area contributed by atoms with E-state index in [0.29, 0.717) is 22.1 Å². The van der Waals surface area contributed by atoms with Gasteiger partial charge in [-0.1, -0.05) is 53.7 Å². The molecule has 0 aromatic heterocycles. The number of halogens is 2. The van der Waals surface area contributed by atoms with Crippen molar-refractivity contribution in [3.05, 3.63) is 100 Å². The van der Waals surface area contributed by atoms with Crippen LogP contribution in [0.3, 0.4) is 0 Å². The number of aliphatic imine (C=N–C) groups is 1. The quantitative estimate of drug-likeness (QED) is 0.481. The smallest absolute Gasteiger partial charge is 0.283 e. The summed E-state index contributed by atoms with van der Waals surface area (Å²) in [5, 5.41) is 12.2.